The maximum Gasteiger partial charge on any atom is 0.416 e. The summed E-state index contributed by atoms with van der Waals surface area (Å²) in [6.07, 6.45) is -4.56. The van der Waals surface area contributed by atoms with E-state index in [4.69, 9.17) is 4.74 Å². The topological polar surface area (TPSA) is 125 Å². The number of aryl methyl sites for hydroxylation is 1. The van der Waals surface area contributed by atoms with Crippen LogP contribution in [0.2, 0.25) is 0 Å². The Bertz CT molecular complexity index is 962. The Labute approximate surface area is 161 Å². The number of nitro benzene ring substituents is 2. The average molecular weight is 413 g/mol. The molecule has 0 bridgehead atoms. The molecule has 2 rings (SSSR count). The van der Waals surface area contributed by atoms with Gasteiger partial charge in [-0.3, -0.25) is 25.0 Å². The lowest BCUT2D eigenvalue weighted by Crippen LogP contribution is -2.21. The normalized spacial score (nSPS) is 11.0. The summed E-state index contributed by atoms with van der Waals surface area (Å²) in [7, 11) is 0. The monoisotopic (exact) mass is 413 g/mol. The first-order valence-corrected chi connectivity index (χ1v) is 7.98. The van der Waals surface area contributed by atoms with Crippen LogP contribution < -0.4 is 10.1 Å². The maximum atomic E-state index is 12.7. The van der Waals surface area contributed by atoms with E-state index in [2.05, 4.69) is 5.32 Å². The molecule has 0 atom stereocenters. The van der Waals surface area contributed by atoms with E-state index in [-0.39, 0.29) is 17.0 Å². The highest BCUT2D eigenvalue weighted by atomic mass is 19.4. The zero-order valence-corrected chi connectivity index (χ0v) is 14.9. The van der Waals surface area contributed by atoms with Crippen LogP contribution in [0.4, 0.5) is 30.2 Å². The van der Waals surface area contributed by atoms with Gasteiger partial charge in [-0.15, -0.1) is 0 Å². The minimum atomic E-state index is -4.56. The number of halogens is 3. The molecule has 9 nitrogen and oxygen atoms in total. The van der Waals surface area contributed by atoms with Crippen LogP contribution in [-0.2, 0) is 11.0 Å². The fourth-order valence-corrected chi connectivity index (χ4v) is 2.35. The van der Waals surface area contributed by atoms with Gasteiger partial charge in [-0.05, 0) is 31.2 Å². The molecule has 12 heteroatoms. The number of alkyl halides is 3. The first kappa shape index (κ1) is 21.6. The van der Waals surface area contributed by atoms with Crippen molar-refractivity contribution in [2.75, 3.05) is 18.5 Å². The zero-order valence-electron chi connectivity index (χ0n) is 14.9. The van der Waals surface area contributed by atoms with Crippen molar-refractivity contribution in [2.45, 2.75) is 13.1 Å². The summed E-state index contributed by atoms with van der Waals surface area (Å²) in [5.41, 5.74) is -1.92. The summed E-state index contributed by atoms with van der Waals surface area (Å²) >= 11 is 0. The van der Waals surface area contributed by atoms with Crippen molar-refractivity contribution in [1.29, 1.82) is 0 Å². The largest absolute Gasteiger partial charge is 0.486 e. The number of hydrogen-bond donors (Lipinski definition) is 1. The Balaban J connectivity index is 2.03. The first-order valence-electron chi connectivity index (χ1n) is 7.98. The lowest BCUT2D eigenvalue weighted by atomic mass is 10.1. The number of carbonyl (C=O) groups excluding carboxylic acids is 1. The summed E-state index contributed by atoms with van der Waals surface area (Å²) in [5.74, 6) is -0.766. The quantitative estimate of drug-likeness (QED) is 0.514. The Morgan fingerprint density at radius 3 is 2.34 bits per heavy atom. The van der Waals surface area contributed by atoms with Gasteiger partial charge in [0.15, 0.2) is 5.78 Å². The molecule has 0 aliphatic heterocycles. The van der Waals surface area contributed by atoms with Crippen LogP contribution in [0.5, 0.6) is 5.75 Å². The molecular weight excluding hydrogens is 399 g/mol. The smallest absolute Gasteiger partial charge is 0.416 e. The van der Waals surface area contributed by atoms with E-state index >= 15 is 0 Å². The predicted molar refractivity (Wildman–Crippen MR) is 94.9 cm³/mol. The molecule has 0 saturated carbocycles. The number of hydrogen-bond acceptors (Lipinski definition) is 7. The van der Waals surface area contributed by atoms with Crippen molar-refractivity contribution in [3.05, 3.63) is 67.8 Å². The molecule has 0 heterocycles. The lowest BCUT2D eigenvalue weighted by Gasteiger charge is -2.11. The molecule has 0 aliphatic rings. The van der Waals surface area contributed by atoms with Crippen molar-refractivity contribution in [1.82, 2.24) is 0 Å². The van der Waals surface area contributed by atoms with Crippen LogP contribution in [-0.4, -0.2) is 28.8 Å². The standard InChI is InChI=1S/C17H14F3N3O6/c1-10-5-14(16(23(27)28)7-15(10)22(25)26)21-8-12(24)9-29-13-4-2-3-11(6-13)17(18,19)20/h2-7,21H,8-9H2,1H3. The fraction of sp³-hybridized carbons (Fsp3) is 0.235. The third-order valence-corrected chi connectivity index (χ3v) is 3.74. The number of nitrogens with zero attached hydrogens (tertiary/aromatic N) is 2. The van der Waals surface area contributed by atoms with Gasteiger partial charge in [0.1, 0.15) is 18.0 Å². The van der Waals surface area contributed by atoms with E-state index in [0.29, 0.717) is 0 Å². The van der Waals surface area contributed by atoms with E-state index in [1.807, 2.05) is 0 Å². The number of nitrogens with one attached hydrogen (secondary N) is 1. The molecule has 0 aliphatic carbocycles. The Hall–Kier alpha value is -3.70. The minimum Gasteiger partial charge on any atom is -0.486 e. The molecule has 0 fully saturated rings. The molecule has 2 aromatic carbocycles. The number of ketones is 1. The van der Waals surface area contributed by atoms with Crippen LogP contribution in [0.25, 0.3) is 0 Å². The van der Waals surface area contributed by atoms with Crippen molar-refractivity contribution in [2.24, 2.45) is 0 Å². The van der Waals surface area contributed by atoms with Gasteiger partial charge in [0.05, 0.1) is 28.0 Å². The van der Waals surface area contributed by atoms with Gasteiger partial charge < -0.3 is 10.1 Å². The molecule has 0 saturated heterocycles. The van der Waals surface area contributed by atoms with Crippen LogP contribution in [0.3, 0.4) is 0 Å². The van der Waals surface area contributed by atoms with Crippen molar-refractivity contribution in [3.8, 4) is 5.75 Å². The molecule has 0 amide bonds. The second-order valence-electron chi connectivity index (χ2n) is 5.88. The number of nitro groups is 2. The van der Waals surface area contributed by atoms with Crippen LogP contribution in [0.1, 0.15) is 11.1 Å². The number of rotatable bonds is 8. The van der Waals surface area contributed by atoms with Gasteiger partial charge in [0, 0.05) is 5.56 Å². The van der Waals surface area contributed by atoms with Gasteiger partial charge in [0.25, 0.3) is 11.4 Å². The maximum absolute atomic E-state index is 12.7. The highest BCUT2D eigenvalue weighted by molar-refractivity contribution is 5.85. The van der Waals surface area contributed by atoms with Crippen LogP contribution in [0, 0.1) is 27.2 Å². The van der Waals surface area contributed by atoms with Crippen LogP contribution in [0.15, 0.2) is 36.4 Å². The van der Waals surface area contributed by atoms with Crippen molar-refractivity contribution < 1.29 is 32.5 Å². The van der Waals surface area contributed by atoms with Crippen molar-refractivity contribution in [3.63, 3.8) is 0 Å². The van der Waals surface area contributed by atoms with E-state index in [9.17, 15) is 38.2 Å². The van der Waals surface area contributed by atoms with Gasteiger partial charge in [-0.2, -0.15) is 13.2 Å². The number of benzene rings is 2. The number of ether oxygens (including phenoxy) is 1. The highest BCUT2D eigenvalue weighted by Gasteiger charge is 2.30. The van der Waals surface area contributed by atoms with Crippen LogP contribution >= 0.6 is 0 Å². The molecule has 0 radical (unpaired) electrons. The summed E-state index contributed by atoms with van der Waals surface area (Å²) in [4.78, 5) is 32.3. The molecule has 0 unspecified atom stereocenters. The SMILES string of the molecule is Cc1cc(NCC(=O)COc2cccc(C(F)(F)F)c2)c([N+](=O)[O-])cc1[N+](=O)[O-]. The first-order chi connectivity index (χ1) is 13.5. The number of carbonyl (C=O) groups is 1. The summed E-state index contributed by atoms with van der Waals surface area (Å²) in [5, 5.41) is 24.5. The van der Waals surface area contributed by atoms with Gasteiger partial charge in [-0.1, -0.05) is 6.07 Å². The number of Topliss-reactive ketones (excluding diaryl/α,β-unsaturated/α-hetero) is 1. The van der Waals surface area contributed by atoms with Gasteiger partial charge in [-0.25, -0.2) is 0 Å². The molecule has 29 heavy (non-hydrogen) atoms. The minimum absolute atomic E-state index is 0.106. The van der Waals surface area contributed by atoms with E-state index in [0.717, 1.165) is 30.3 Å². The Kier molecular flexibility index (Phi) is 6.36. The predicted octanol–water partition coefficient (Wildman–Crippen LogP) is 3.89. The summed E-state index contributed by atoms with van der Waals surface area (Å²) < 4.78 is 43.0. The van der Waals surface area contributed by atoms with Gasteiger partial charge >= 0.3 is 6.18 Å². The van der Waals surface area contributed by atoms with Gasteiger partial charge in [0.2, 0.25) is 0 Å². The third kappa shape index (κ3) is 5.64. The fourth-order valence-electron chi connectivity index (χ4n) is 2.35. The Morgan fingerprint density at radius 2 is 1.76 bits per heavy atom. The molecule has 1 N–H and O–H groups in total. The van der Waals surface area contributed by atoms with E-state index < -0.39 is 51.9 Å². The summed E-state index contributed by atoms with van der Waals surface area (Å²) in [6.45, 7) is 0.372. The molecular formula is C17H14F3N3O6. The molecule has 0 spiro atoms. The van der Waals surface area contributed by atoms with E-state index in [1.165, 1.54) is 13.0 Å². The number of anilines is 1. The lowest BCUT2D eigenvalue weighted by molar-refractivity contribution is -0.394. The second kappa shape index (κ2) is 8.54. The molecule has 2 aromatic rings. The second-order valence-corrected chi connectivity index (χ2v) is 5.88. The third-order valence-electron chi connectivity index (χ3n) is 3.74. The molecule has 154 valence electrons. The highest BCUT2D eigenvalue weighted by Crippen LogP contribution is 2.32. The zero-order chi connectivity index (χ0) is 21.8. The molecule has 0 aromatic heterocycles. The Morgan fingerprint density at radius 1 is 1.10 bits per heavy atom. The van der Waals surface area contributed by atoms with Crippen molar-refractivity contribution >= 4 is 22.8 Å². The van der Waals surface area contributed by atoms with E-state index in [1.54, 1.807) is 0 Å². The average Bonchev–Trinajstić information content (AvgIpc) is 2.63. The summed E-state index contributed by atoms with van der Waals surface area (Å²) in [6, 6.07) is 5.92.